The van der Waals surface area contributed by atoms with E-state index >= 15 is 0 Å². The van der Waals surface area contributed by atoms with Crippen LogP contribution in [0.3, 0.4) is 0 Å². The molecule has 0 bridgehead atoms. The van der Waals surface area contributed by atoms with Crippen LogP contribution >= 0.6 is 17.0 Å². The summed E-state index contributed by atoms with van der Waals surface area (Å²) >= 11 is -0.826. The Morgan fingerprint density at radius 3 is 1.88 bits per heavy atom. The average molecular weight is 570 g/mol. The van der Waals surface area contributed by atoms with E-state index < -0.39 is 20.8 Å². The number of benzene rings is 3. The van der Waals surface area contributed by atoms with Gasteiger partial charge in [-0.05, 0) is 45.6 Å². The van der Waals surface area contributed by atoms with Gasteiger partial charge in [0.15, 0.2) is 0 Å². The Morgan fingerprint density at radius 1 is 0.765 bits per heavy atom. The summed E-state index contributed by atoms with van der Waals surface area (Å²) in [7, 11) is 9.87. The number of halogens is 2. The zero-order valence-electron chi connectivity index (χ0n) is 21.1. The van der Waals surface area contributed by atoms with E-state index in [2.05, 4.69) is 114 Å². The van der Waals surface area contributed by atoms with Gasteiger partial charge in [0.2, 0.25) is 0 Å². The Morgan fingerprint density at radius 2 is 1.35 bits per heavy atom. The van der Waals surface area contributed by atoms with Crippen LogP contribution in [0.1, 0.15) is 82.4 Å². The Kier molecular flexibility index (Phi) is 10.1. The summed E-state index contributed by atoms with van der Waals surface area (Å²) in [4.78, 5) is 0. The maximum absolute atomic E-state index is 4.93. The van der Waals surface area contributed by atoms with Crippen molar-refractivity contribution < 1.29 is 20.8 Å². The maximum atomic E-state index is 4.93. The number of rotatable bonds is 6. The van der Waals surface area contributed by atoms with Gasteiger partial charge in [-0.1, -0.05) is 108 Å². The van der Waals surface area contributed by atoms with E-state index in [1.54, 1.807) is 0 Å². The SMILES string of the molecule is CCC(C)c1cc2c(-c3cc(C(C)C)cc(C(C)C)c3)c(-c3ccccc3)ccc2[cH-]1.[Cl][Zr][Cl]. The molecule has 34 heavy (non-hydrogen) atoms. The molecule has 0 spiro atoms. The van der Waals surface area contributed by atoms with E-state index in [0.29, 0.717) is 17.8 Å². The van der Waals surface area contributed by atoms with Crippen LogP contribution in [-0.2, 0) is 20.8 Å². The second-order valence-electron chi connectivity index (χ2n) is 9.72. The zero-order chi connectivity index (χ0) is 24.8. The van der Waals surface area contributed by atoms with Crippen LogP contribution in [0.15, 0.2) is 72.8 Å². The standard InChI is InChI=1S/C31H35.2ClH.Zr/c1-7-22(6)27-15-24-13-14-29(23-11-9-8-10-12-23)31(30(24)19-27)28-17-25(20(2)3)16-26(18-28)21(4)5;;;/h8-22H,7H2,1-6H3;2*1H;/q-1;;;+2/p-2. The van der Waals surface area contributed by atoms with Crippen molar-refractivity contribution in [2.24, 2.45) is 0 Å². The van der Waals surface area contributed by atoms with E-state index in [4.69, 9.17) is 17.0 Å². The first-order valence-electron chi connectivity index (χ1n) is 12.2. The predicted octanol–water partition coefficient (Wildman–Crippen LogP) is 11.0. The average Bonchev–Trinajstić information content (AvgIpc) is 3.28. The summed E-state index contributed by atoms with van der Waals surface area (Å²) in [6.07, 6.45) is 1.16. The molecule has 0 saturated carbocycles. The molecule has 0 nitrogen and oxygen atoms in total. The van der Waals surface area contributed by atoms with Gasteiger partial charge in [-0.3, -0.25) is 0 Å². The van der Waals surface area contributed by atoms with E-state index in [-0.39, 0.29) is 0 Å². The third kappa shape index (κ3) is 6.29. The predicted molar refractivity (Wildman–Crippen MR) is 149 cm³/mol. The van der Waals surface area contributed by atoms with Gasteiger partial charge in [-0.25, -0.2) is 0 Å². The molecular formula is C31H35Cl2Zr-. The molecule has 178 valence electrons. The summed E-state index contributed by atoms with van der Waals surface area (Å²) < 4.78 is 0. The molecule has 0 aliphatic heterocycles. The summed E-state index contributed by atoms with van der Waals surface area (Å²) in [6, 6.07) is 27.6. The normalized spacial score (nSPS) is 12.1. The summed E-state index contributed by atoms with van der Waals surface area (Å²) in [5.74, 6) is 1.59. The van der Waals surface area contributed by atoms with E-state index in [0.717, 1.165) is 6.42 Å². The molecule has 0 aliphatic rings. The molecule has 1 unspecified atom stereocenters. The van der Waals surface area contributed by atoms with Crippen LogP contribution in [0.2, 0.25) is 0 Å². The zero-order valence-corrected chi connectivity index (χ0v) is 25.1. The van der Waals surface area contributed by atoms with Gasteiger partial charge in [0.25, 0.3) is 0 Å². The van der Waals surface area contributed by atoms with E-state index in [1.165, 1.54) is 49.7 Å². The summed E-state index contributed by atoms with van der Waals surface area (Å²) in [6.45, 7) is 13.8. The Labute approximate surface area is 224 Å². The van der Waals surface area contributed by atoms with Gasteiger partial charge in [-0.15, -0.1) is 28.5 Å². The minimum absolute atomic E-state index is 0.507. The van der Waals surface area contributed by atoms with Crippen LogP contribution in [0.4, 0.5) is 0 Å². The second kappa shape index (κ2) is 12.6. The Balaban J connectivity index is 0.00000103. The first-order chi connectivity index (χ1) is 16.3. The van der Waals surface area contributed by atoms with Crippen molar-refractivity contribution in [3.8, 4) is 22.3 Å². The van der Waals surface area contributed by atoms with Crippen molar-refractivity contribution in [1.82, 2.24) is 0 Å². The molecule has 0 amide bonds. The molecule has 4 rings (SSSR count). The van der Waals surface area contributed by atoms with Crippen LogP contribution in [-0.4, -0.2) is 0 Å². The van der Waals surface area contributed by atoms with Crippen LogP contribution in [0.25, 0.3) is 33.0 Å². The molecule has 4 aromatic carbocycles. The topological polar surface area (TPSA) is 0 Å². The van der Waals surface area contributed by atoms with E-state index in [9.17, 15) is 0 Å². The first-order valence-corrected chi connectivity index (χ1v) is 18.5. The van der Waals surface area contributed by atoms with Gasteiger partial charge in [-0.2, -0.15) is 6.07 Å². The van der Waals surface area contributed by atoms with Gasteiger partial charge in [0.1, 0.15) is 0 Å². The summed E-state index contributed by atoms with van der Waals surface area (Å²) in [5.41, 5.74) is 9.63. The quantitative estimate of drug-likeness (QED) is 0.203. The molecule has 0 aliphatic carbocycles. The fourth-order valence-electron chi connectivity index (χ4n) is 4.48. The van der Waals surface area contributed by atoms with Gasteiger partial charge >= 0.3 is 37.9 Å². The monoisotopic (exact) mass is 567 g/mol. The molecule has 0 N–H and O–H groups in total. The first kappa shape index (κ1) is 27.3. The second-order valence-corrected chi connectivity index (χ2v) is 13.5. The molecule has 0 radical (unpaired) electrons. The molecular weight excluding hydrogens is 534 g/mol. The molecule has 3 heteroatoms. The third-order valence-electron chi connectivity index (χ3n) is 6.78. The minimum atomic E-state index is -0.826. The van der Waals surface area contributed by atoms with Gasteiger partial charge in [0.05, 0.1) is 0 Å². The fourth-order valence-corrected chi connectivity index (χ4v) is 4.48. The van der Waals surface area contributed by atoms with Crippen molar-refractivity contribution >= 4 is 27.8 Å². The van der Waals surface area contributed by atoms with Crippen molar-refractivity contribution in [3.05, 3.63) is 89.5 Å². The molecule has 0 heterocycles. The molecule has 4 aromatic rings. The van der Waals surface area contributed by atoms with Crippen LogP contribution in [0.5, 0.6) is 0 Å². The summed E-state index contributed by atoms with van der Waals surface area (Å²) in [5, 5.41) is 2.73. The molecule has 0 saturated heterocycles. The number of hydrogen-bond donors (Lipinski definition) is 0. The van der Waals surface area contributed by atoms with Crippen molar-refractivity contribution in [3.63, 3.8) is 0 Å². The Bertz CT molecular complexity index is 1180. The van der Waals surface area contributed by atoms with Gasteiger partial charge < -0.3 is 0 Å². The number of fused-ring (bicyclic) bond motifs is 1. The van der Waals surface area contributed by atoms with Crippen LogP contribution in [0, 0.1) is 0 Å². The van der Waals surface area contributed by atoms with Gasteiger partial charge in [0, 0.05) is 0 Å². The Hall–Kier alpha value is -1.27. The van der Waals surface area contributed by atoms with E-state index in [1.807, 2.05) is 0 Å². The van der Waals surface area contributed by atoms with Crippen molar-refractivity contribution in [2.75, 3.05) is 0 Å². The molecule has 0 fully saturated rings. The third-order valence-corrected chi connectivity index (χ3v) is 6.78. The van der Waals surface area contributed by atoms with Crippen LogP contribution < -0.4 is 0 Å². The molecule has 1 atom stereocenters. The van der Waals surface area contributed by atoms with Crippen molar-refractivity contribution in [2.45, 2.75) is 65.7 Å². The van der Waals surface area contributed by atoms with Crippen molar-refractivity contribution in [1.29, 1.82) is 0 Å². The number of hydrogen-bond acceptors (Lipinski definition) is 0. The fraction of sp³-hybridized carbons (Fsp3) is 0.323. The molecule has 0 aromatic heterocycles.